The molecule has 1 aliphatic rings. The van der Waals surface area contributed by atoms with E-state index in [0.717, 1.165) is 24.8 Å². The van der Waals surface area contributed by atoms with Crippen molar-refractivity contribution in [3.05, 3.63) is 94.8 Å². The quantitative estimate of drug-likeness (QED) is 0.469. The summed E-state index contributed by atoms with van der Waals surface area (Å²) in [6.07, 6.45) is 4.72. The molecule has 1 aromatic heterocycles. The zero-order chi connectivity index (χ0) is 25.3. The second kappa shape index (κ2) is 12.5. The number of rotatable bonds is 4. The summed E-state index contributed by atoms with van der Waals surface area (Å²) in [6.45, 7) is 4.13. The first kappa shape index (κ1) is 25.7. The summed E-state index contributed by atoms with van der Waals surface area (Å²) in [6, 6.07) is 20.6. The predicted octanol–water partition coefficient (Wildman–Crippen LogP) is 5.51. The molecule has 2 aromatic carbocycles. The molecule has 0 saturated carbocycles. The Balaban J connectivity index is 1.69. The van der Waals surface area contributed by atoms with Gasteiger partial charge in [-0.15, -0.1) is 0 Å². The van der Waals surface area contributed by atoms with Crippen molar-refractivity contribution >= 4 is 23.4 Å². The molecule has 1 atom stereocenters. The molecule has 36 heavy (non-hydrogen) atoms. The molecule has 1 aliphatic heterocycles. The molecule has 0 N–H and O–H groups in total. The number of benzene rings is 2. The Kier molecular flexibility index (Phi) is 8.95. The Morgan fingerprint density at radius 3 is 2.50 bits per heavy atom. The number of carbonyl (C=O) groups is 2. The standard InChI is InChI=1S/C29H32ClN3O3/c1-2-32-17-9-4-10-18-33(29(35)26-16-15-23(30)20-31-26)24(19-22-11-5-3-6-12-22)21-36-27-14-8-7-13-25(27)28(32)34/h3,5-8,11-16,20,24H,2,4,9-10,17-19,21H2,1H3/t24-/m0/s1. The third kappa shape index (κ3) is 6.43. The molecular weight excluding hydrogens is 474 g/mol. The lowest BCUT2D eigenvalue weighted by atomic mass is 10.0. The van der Waals surface area contributed by atoms with E-state index in [9.17, 15) is 9.59 Å². The highest BCUT2D eigenvalue weighted by Gasteiger charge is 2.28. The van der Waals surface area contributed by atoms with E-state index in [2.05, 4.69) is 17.1 Å². The zero-order valence-corrected chi connectivity index (χ0v) is 21.4. The molecule has 188 valence electrons. The highest BCUT2D eigenvalue weighted by atomic mass is 35.5. The summed E-state index contributed by atoms with van der Waals surface area (Å²) in [7, 11) is 0. The fraction of sp³-hybridized carbons (Fsp3) is 0.345. The Morgan fingerprint density at radius 1 is 1.00 bits per heavy atom. The van der Waals surface area contributed by atoms with Crippen molar-refractivity contribution in [2.75, 3.05) is 26.2 Å². The normalized spacial score (nSPS) is 17.3. The van der Waals surface area contributed by atoms with Crippen molar-refractivity contribution in [1.29, 1.82) is 0 Å². The average molecular weight is 506 g/mol. The van der Waals surface area contributed by atoms with Gasteiger partial charge in [0, 0.05) is 25.8 Å². The number of carbonyl (C=O) groups excluding carboxylic acids is 2. The first-order valence-corrected chi connectivity index (χ1v) is 12.9. The van der Waals surface area contributed by atoms with Crippen LogP contribution in [0.1, 0.15) is 52.6 Å². The summed E-state index contributed by atoms with van der Waals surface area (Å²) in [5, 5.41) is 0.488. The van der Waals surface area contributed by atoms with E-state index in [-0.39, 0.29) is 24.5 Å². The Hall–Kier alpha value is -3.38. The predicted molar refractivity (Wildman–Crippen MR) is 142 cm³/mol. The fourth-order valence-corrected chi connectivity index (χ4v) is 4.65. The molecule has 3 aromatic rings. The second-order valence-corrected chi connectivity index (χ2v) is 9.39. The SMILES string of the molecule is CCN1CCCCCN(C(=O)c2ccc(Cl)cn2)[C@@H](Cc2ccccc2)COc2ccccc2C1=O. The Morgan fingerprint density at radius 2 is 1.75 bits per heavy atom. The van der Waals surface area contributed by atoms with Crippen molar-refractivity contribution in [3.8, 4) is 5.75 Å². The van der Waals surface area contributed by atoms with Gasteiger partial charge in [-0.3, -0.25) is 9.59 Å². The van der Waals surface area contributed by atoms with E-state index in [1.165, 1.54) is 6.20 Å². The highest BCUT2D eigenvalue weighted by molar-refractivity contribution is 6.30. The fourth-order valence-electron chi connectivity index (χ4n) is 4.54. The van der Waals surface area contributed by atoms with Crippen LogP contribution >= 0.6 is 11.6 Å². The van der Waals surface area contributed by atoms with E-state index >= 15 is 0 Å². The largest absolute Gasteiger partial charge is 0.491 e. The molecule has 0 radical (unpaired) electrons. The van der Waals surface area contributed by atoms with Gasteiger partial charge >= 0.3 is 0 Å². The number of aromatic nitrogens is 1. The van der Waals surface area contributed by atoms with Gasteiger partial charge in [-0.1, -0.05) is 54.1 Å². The summed E-state index contributed by atoms with van der Waals surface area (Å²) in [5.74, 6) is 0.367. The van der Waals surface area contributed by atoms with Crippen LogP contribution in [0, 0.1) is 0 Å². The van der Waals surface area contributed by atoms with E-state index < -0.39 is 0 Å². The van der Waals surface area contributed by atoms with Gasteiger partial charge in [0.25, 0.3) is 11.8 Å². The minimum atomic E-state index is -0.247. The van der Waals surface area contributed by atoms with Gasteiger partial charge in [-0.05, 0) is 62.4 Å². The van der Waals surface area contributed by atoms with Gasteiger partial charge < -0.3 is 14.5 Å². The molecule has 6 nitrogen and oxygen atoms in total. The van der Waals surface area contributed by atoms with E-state index in [1.807, 2.05) is 59.2 Å². The molecular formula is C29H32ClN3O3. The number of halogens is 1. The van der Waals surface area contributed by atoms with Crippen molar-refractivity contribution in [2.24, 2.45) is 0 Å². The lowest BCUT2D eigenvalue weighted by Gasteiger charge is -2.32. The first-order chi connectivity index (χ1) is 17.6. The van der Waals surface area contributed by atoms with E-state index in [0.29, 0.717) is 48.1 Å². The number of amides is 2. The molecule has 7 heteroatoms. The monoisotopic (exact) mass is 505 g/mol. The zero-order valence-electron chi connectivity index (χ0n) is 20.6. The summed E-state index contributed by atoms with van der Waals surface area (Å²) in [5.41, 5.74) is 2.02. The number of fused-ring (bicyclic) bond motifs is 1. The maximum Gasteiger partial charge on any atom is 0.272 e. The van der Waals surface area contributed by atoms with Crippen LogP contribution in [0.15, 0.2) is 72.9 Å². The van der Waals surface area contributed by atoms with Gasteiger partial charge in [0.05, 0.1) is 16.6 Å². The number of para-hydroxylation sites is 1. The van der Waals surface area contributed by atoms with Crippen LogP contribution in [-0.2, 0) is 6.42 Å². The number of nitrogens with zero attached hydrogens (tertiary/aromatic N) is 3. The van der Waals surface area contributed by atoms with Gasteiger partial charge in [-0.2, -0.15) is 0 Å². The molecule has 0 bridgehead atoms. The Bertz CT molecular complexity index is 1150. The maximum atomic E-state index is 13.7. The molecule has 2 amide bonds. The van der Waals surface area contributed by atoms with Crippen LogP contribution in [0.4, 0.5) is 0 Å². The molecule has 0 fully saturated rings. The summed E-state index contributed by atoms with van der Waals surface area (Å²) in [4.78, 5) is 35.0. The van der Waals surface area contributed by atoms with Gasteiger partial charge in [0.2, 0.25) is 0 Å². The van der Waals surface area contributed by atoms with Crippen LogP contribution in [0.5, 0.6) is 5.75 Å². The minimum Gasteiger partial charge on any atom is -0.491 e. The third-order valence-electron chi connectivity index (χ3n) is 6.51. The lowest BCUT2D eigenvalue weighted by molar-refractivity contribution is 0.0599. The second-order valence-electron chi connectivity index (χ2n) is 8.96. The summed E-state index contributed by atoms with van der Waals surface area (Å²) < 4.78 is 6.30. The highest BCUT2D eigenvalue weighted by Crippen LogP contribution is 2.23. The molecule has 0 spiro atoms. The number of hydrogen-bond acceptors (Lipinski definition) is 4. The van der Waals surface area contributed by atoms with Crippen molar-refractivity contribution in [2.45, 2.75) is 38.6 Å². The van der Waals surface area contributed by atoms with Crippen LogP contribution in [0.3, 0.4) is 0 Å². The van der Waals surface area contributed by atoms with E-state index in [4.69, 9.17) is 16.3 Å². The molecule has 4 rings (SSSR count). The minimum absolute atomic E-state index is 0.0229. The van der Waals surface area contributed by atoms with Gasteiger partial charge in [-0.25, -0.2) is 4.98 Å². The van der Waals surface area contributed by atoms with Gasteiger partial charge in [0.15, 0.2) is 0 Å². The lowest BCUT2D eigenvalue weighted by Crippen LogP contribution is -2.46. The van der Waals surface area contributed by atoms with Crippen LogP contribution in [0.25, 0.3) is 0 Å². The first-order valence-electron chi connectivity index (χ1n) is 12.5. The average Bonchev–Trinajstić information content (AvgIpc) is 2.92. The third-order valence-corrected chi connectivity index (χ3v) is 6.73. The smallest absolute Gasteiger partial charge is 0.272 e. The van der Waals surface area contributed by atoms with Crippen molar-refractivity contribution in [1.82, 2.24) is 14.8 Å². The summed E-state index contributed by atoms with van der Waals surface area (Å²) >= 11 is 6.02. The molecule has 0 unspecified atom stereocenters. The topological polar surface area (TPSA) is 62.7 Å². The molecule has 0 aliphatic carbocycles. The number of ether oxygens (including phenoxy) is 1. The van der Waals surface area contributed by atoms with Gasteiger partial charge in [0.1, 0.15) is 18.1 Å². The number of hydrogen-bond donors (Lipinski definition) is 0. The van der Waals surface area contributed by atoms with Crippen molar-refractivity contribution < 1.29 is 14.3 Å². The van der Waals surface area contributed by atoms with Crippen LogP contribution in [0.2, 0.25) is 5.02 Å². The van der Waals surface area contributed by atoms with Crippen LogP contribution in [-0.4, -0.2) is 58.9 Å². The van der Waals surface area contributed by atoms with Crippen LogP contribution < -0.4 is 4.74 Å². The van der Waals surface area contributed by atoms with Crippen molar-refractivity contribution in [3.63, 3.8) is 0 Å². The number of pyridine rings is 1. The molecule has 2 heterocycles. The van der Waals surface area contributed by atoms with E-state index in [1.54, 1.807) is 12.1 Å². The molecule has 0 saturated heterocycles. The Labute approximate surface area is 217 Å². The maximum absolute atomic E-state index is 13.7.